The highest BCUT2D eigenvalue weighted by atomic mass is 16.5. The molecule has 0 bridgehead atoms. The van der Waals surface area contributed by atoms with Gasteiger partial charge in [0.2, 0.25) is 0 Å². The molecule has 0 N–H and O–H groups in total. The van der Waals surface area contributed by atoms with E-state index < -0.39 is 0 Å². The summed E-state index contributed by atoms with van der Waals surface area (Å²) in [6, 6.07) is 7.87. The molecule has 1 fully saturated rings. The Morgan fingerprint density at radius 2 is 2.10 bits per heavy atom. The lowest BCUT2D eigenvalue weighted by atomic mass is 10.0. The van der Waals surface area contributed by atoms with Crippen LogP contribution >= 0.6 is 0 Å². The Morgan fingerprint density at radius 1 is 1.30 bits per heavy atom. The van der Waals surface area contributed by atoms with Crippen molar-refractivity contribution in [1.82, 2.24) is 10.1 Å². The van der Waals surface area contributed by atoms with Crippen molar-refractivity contribution in [2.24, 2.45) is 5.92 Å². The number of nitrogens with zero attached hydrogens (tertiary/aromatic N) is 2. The van der Waals surface area contributed by atoms with Gasteiger partial charge in [0.05, 0.1) is 7.11 Å². The molecule has 1 saturated heterocycles. The van der Waals surface area contributed by atoms with Crippen LogP contribution < -0.4 is 4.74 Å². The molecule has 2 aromatic rings. The minimum atomic E-state index is -0.0490. The normalized spacial score (nSPS) is 22.1. The lowest BCUT2D eigenvalue weighted by molar-refractivity contribution is 0.0661. The summed E-state index contributed by atoms with van der Waals surface area (Å²) >= 11 is 0. The maximum absolute atomic E-state index is 5.63. The molecule has 0 amide bonds. The van der Waals surface area contributed by atoms with Gasteiger partial charge in [-0.3, -0.25) is 0 Å². The van der Waals surface area contributed by atoms with Gasteiger partial charge in [-0.25, -0.2) is 0 Å². The smallest absolute Gasteiger partial charge is 0.256 e. The van der Waals surface area contributed by atoms with Crippen LogP contribution in [-0.4, -0.2) is 23.9 Å². The third-order valence-corrected chi connectivity index (χ3v) is 3.64. The summed E-state index contributed by atoms with van der Waals surface area (Å²) in [5, 5.41) is 4.04. The van der Waals surface area contributed by atoms with Crippen molar-refractivity contribution in [3.8, 4) is 5.75 Å². The quantitative estimate of drug-likeness (QED) is 0.858. The van der Waals surface area contributed by atoms with Crippen LogP contribution in [0.1, 0.15) is 36.7 Å². The van der Waals surface area contributed by atoms with Crippen molar-refractivity contribution in [1.29, 1.82) is 0 Å². The van der Waals surface area contributed by atoms with E-state index in [0.717, 1.165) is 24.3 Å². The summed E-state index contributed by atoms with van der Waals surface area (Å²) in [4.78, 5) is 4.45. The van der Waals surface area contributed by atoms with Crippen LogP contribution in [0.15, 0.2) is 28.8 Å². The Kier molecular flexibility index (Phi) is 3.69. The second-order valence-electron chi connectivity index (χ2n) is 5.13. The van der Waals surface area contributed by atoms with E-state index in [1.807, 2.05) is 24.3 Å². The monoisotopic (exact) mass is 274 g/mol. The SMILES string of the molecule is COc1ccc(Cc2noc(C3OCCC3C)n2)cc1. The number of hydrogen-bond acceptors (Lipinski definition) is 5. The van der Waals surface area contributed by atoms with Gasteiger partial charge in [0.25, 0.3) is 5.89 Å². The van der Waals surface area contributed by atoms with E-state index in [2.05, 4.69) is 17.1 Å². The Morgan fingerprint density at radius 3 is 2.75 bits per heavy atom. The summed E-state index contributed by atoms with van der Waals surface area (Å²) in [6.07, 6.45) is 1.64. The molecule has 20 heavy (non-hydrogen) atoms. The van der Waals surface area contributed by atoms with Crippen molar-refractivity contribution >= 4 is 0 Å². The molecule has 106 valence electrons. The predicted octanol–water partition coefficient (Wildman–Crippen LogP) is 2.77. The molecule has 3 rings (SSSR count). The summed E-state index contributed by atoms with van der Waals surface area (Å²) in [6.45, 7) is 2.91. The zero-order chi connectivity index (χ0) is 13.9. The van der Waals surface area contributed by atoms with Crippen LogP contribution in [0.25, 0.3) is 0 Å². The van der Waals surface area contributed by atoms with Gasteiger partial charge in [0.15, 0.2) is 5.82 Å². The van der Waals surface area contributed by atoms with E-state index in [9.17, 15) is 0 Å². The van der Waals surface area contributed by atoms with Gasteiger partial charge < -0.3 is 14.0 Å². The van der Waals surface area contributed by atoms with Crippen molar-refractivity contribution in [3.63, 3.8) is 0 Å². The fraction of sp³-hybridized carbons (Fsp3) is 0.467. The average Bonchev–Trinajstić information content (AvgIpc) is 3.08. The number of benzene rings is 1. The van der Waals surface area contributed by atoms with E-state index in [-0.39, 0.29) is 6.10 Å². The topological polar surface area (TPSA) is 57.4 Å². The van der Waals surface area contributed by atoms with Crippen LogP contribution in [0.2, 0.25) is 0 Å². The van der Waals surface area contributed by atoms with Crippen LogP contribution in [-0.2, 0) is 11.2 Å². The number of hydrogen-bond donors (Lipinski definition) is 0. The molecule has 0 aliphatic carbocycles. The molecular weight excluding hydrogens is 256 g/mol. The van der Waals surface area contributed by atoms with Crippen LogP contribution in [0.5, 0.6) is 5.75 Å². The molecular formula is C15H18N2O3. The van der Waals surface area contributed by atoms with Gasteiger partial charge in [0, 0.05) is 13.0 Å². The van der Waals surface area contributed by atoms with E-state index >= 15 is 0 Å². The first kappa shape index (κ1) is 13.1. The molecule has 5 heteroatoms. The first-order valence-corrected chi connectivity index (χ1v) is 6.83. The summed E-state index contributed by atoms with van der Waals surface area (Å²) in [7, 11) is 1.66. The van der Waals surface area contributed by atoms with Gasteiger partial charge in [-0.2, -0.15) is 4.98 Å². The lowest BCUT2D eigenvalue weighted by Crippen LogP contribution is -2.04. The Hall–Kier alpha value is -1.88. The molecule has 1 aliphatic heterocycles. The Balaban J connectivity index is 1.70. The zero-order valence-corrected chi connectivity index (χ0v) is 11.7. The molecule has 2 heterocycles. The first-order valence-electron chi connectivity index (χ1n) is 6.83. The highest BCUT2D eigenvalue weighted by Gasteiger charge is 2.30. The second-order valence-corrected chi connectivity index (χ2v) is 5.13. The molecule has 2 unspecified atom stereocenters. The fourth-order valence-electron chi connectivity index (χ4n) is 2.39. The summed E-state index contributed by atoms with van der Waals surface area (Å²) in [5.74, 6) is 2.56. The minimum Gasteiger partial charge on any atom is -0.497 e. The van der Waals surface area contributed by atoms with Crippen LogP contribution in [0.3, 0.4) is 0 Å². The fourth-order valence-corrected chi connectivity index (χ4v) is 2.39. The van der Waals surface area contributed by atoms with E-state index in [4.69, 9.17) is 14.0 Å². The number of methoxy groups -OCH3 is 1. The standard InChI is InChI=1S/C15H18N2O3/c1-10-7-8-19-14(10)15-16-13(17-20-15)9-11-3-5-12(18-2)6-4-11/h3-6,10,14H,7-9H2,1-2H3. The molecule has 0 saturated carbocycles. The maximum Gasteiger partial charge on any atom is 0.256 e. The predicted molar refractivity (Wildman–Crippen MR) is 72.6 cm³/mol. The average molecular weight is 274 g/mol. The van der Waals surface area contributed by atoms with E-state index in [1.165, 1.54) is 0 Å². The largest absolute Gasteiger partial charge is 0.497 e. The van der Waals surface area contributed by atoms with E-state index in [0.29, 0.717) is 24.1 Å². The van der Waals surface area contributed by atoms with Crippen molar-refractivity contribution in [2.75, 3.05) is 13.7 Å². The minimum absolute atomic E-state index is 0.0490. The summed E-state index contributed by atoms with van der Waals surface area (Å²) < 4.78 is 16.1. The number of aromatic nitrogens is 2. The molecule has 1 aliphatic rings. The summed E-state index contributed by atoms with van der Waals surface area (Å²) in [5.41, 5.74) is 1.12. The van der Waals surface area contributed by atoms with Crippen LogP contribution in [0, 0.1) is 5.92 Å². The highest BCUT2D eigenvalue weighted by molar-refractivity contribution is 5.28. The third kappa shape index (κ3) is 2.67. The lowest BCUT2D eigenvalue weighted by Gasteiger charge is -2.07. The number of ether oxygens (including phenoxy) is 2. The molecule has 5 nitrogen and oxygen atoms in total. The second kappa shape index (κ2) is 5.63. The van der Waals surface area contributed by atoms with Crippen molar-refractivity contribution in [2.45, 2.75) is 25.9 Å². The van der Waals surface area contributed by atoms with Crippen molar-refractivity contribution < 1.29 is 14.0 Å². The van der Waals surface area contributed by atoms with Gasteiger partial charge in [0.1, 0.15) is 11.9 Å². The molecule has 2 atom stereocenters. The van der Waals surface area contributed by atoms with Gasteiger partial charge in [-0.1, -0.05) is 24.2 Å². The van der Waals surface area contributed by atoms with E-state index in [1.54, 1.807) is 7.11 Å². The Bertz CT molecular complexity index is 565. The van der Waals surface area contributed by atoms with Gasteiger partial charge >= 0.3 is 0 Å². The zero-order valence-electron chi connectivity index (χ0n) is 11.7. The first-order chi connectivity index (χ1) is 9.76. The molecule has 0 radical (unpaired) electrons. The van der Waals surface area contributed by atoms with Gasteiger partial charge in [-0.15, -0.1) is 0 Å². The highest BCUT2D eigenvalue weighted by Crippen LogP contribution is 2.33. The Labute approximate surface area is 117 Å². The molecule has 1 aromatic heterocycles. The van der Waals surface area contributed by atoms with Gasteiger partial charge in [-0.05, 0) is 30.0 Å². The molecule has 0 spiro atoms. The van der Waals surface area contributed by atoms with Crippen LogP contribution in [0.4, 0.5) is 0 Å². The third-order valence-electron chi connectivity index (χ3n) is 3.64. The van der Waals surface area contributed by atoms with Crippen molar-refractivity contribution in [3.05, 3.63) is 41.5 Å². The maximum atomic E-state index is 5.63. The number of rotatable bonds is 4. The molecule has 1 aromatic carbocycles.